The SMILES string of the molecule is CCCc1cn[nH]c1CNC. The highest BCUT2D eigenvalue weighted by Gasteiger charge is 2.01. The molecule has 0 aliphatic rings. The van der Waals surface area contributed by atoms with Crippen LogP contribution in [0.5, 0.6) is 0 Å². The van der Waals surface area contributed by atoms with Crippen molar-refractivity contribution < 1.29 is 0 Å². The molecule has 0 amide bonds. The van der Waals surface area contributed by atoms with E-state index < -0.39 is 0 Å². The minimum atomic E-state index is 0.884. The predicted octanol–water partition coefficient (Wildman–Crippen LogP) is 1.08. The van der Waals surface area contributed by atoms with E-state index in [-0.39, 0.29) is 0 Å². The maximum absolute atomic E-state index is 3.99. The Bertz CT molecular complexity index is 184. The number of H-pyrrole nitrogens is 1. The van der Waals surface area contributed by atoms with Crippen LogP contribution in [-0.4, -0.2) is 17.2 Å². The van der Waals surface area contributed by atoms with Gasteiger partial charge < -0.3 is 5.32 Å². The van der Waals surface area contributed by atoms with Crippen LogP contribution in [0.1, 0.15) is 24.6 Å². The molecule has 62 valence electrons. The zero-order valence-electron chi connectivity index (χ0n) is 7.15. The second kappa shape index (κ2) is 4.13. The Morgan fingerprint density at radius 3 is 3.09 bits per heavy atom. The molecule has 2 N–H and O–H groups in total. The Morgan fingerprint density at radius 2 is 2.45 bits per heavy atom. The molecule has 3 heteroatoms. The van der Waals surface area contributed by atoms with Crippen molar-refractivity contribution in [1.82, 2.24) is 15.5 Å². The van der Waals surface area contributed by atoms with Crippen molar-refractivity contribution in [2.24, 2.45) is 0 Å². The second-order valence-corrected chi connectivity index (χ2v) is 2.65. The van der Waals surface area contributed by atoms with Gasteiger partial charge >= 0.3 is 0 Å². The summed E-state index contributed by atoms with van der Waals surface area (Å²) in [5, 5.41) is 10.1. The largest absolute Gasteiger partial charge is 0.314 e. The van der Waals surface area contributed by atoms with Crippen LogP contribution in [0.25, 0.3) is 0 Å². The van der Waals surface area contributed by atoms with Crippen LogP contribution in [0.3, 0.4) is 0 Å². The lowest BCUT2D eigenvalue weighted by Crippen LogP contribution is -2.07. The van der Waals surface area contributed by atoms with Crippen molar-refractivity contribution >= 4 is 0 Å². The molecule has 0 aromatic carbocycles. The number of nitrogens with one attached hydrogen (secondary N) is 2. The van der Waals surface area contributed by atoms with E-state index in [4.69, 9.17) is 0 Å². The summed E-state index contributed by atoms with van der Waals surface area (Å²) < 4.78 is 0. The first-order chi connectivity index (χ1) is 5.38. The molecule has 0 radical (unpaired) electrons. The van der Waals surface area contributed by atoms with Crippen molar-refractivity contribution in [2.75, 3.05) is 7.05 Å². The number of hydrogen-bond acceptors (Lipinski definition) is 2. The third kappa shape index (κ3) is 2.05. The van der Waals surface area contributed by atoms with E-state index in [1.807, 2.05) is 13.2 Å². The molecule has 3 nitrogen and oxygen atoms in total. The van der Waals surface area contributed by atoms with Crippen molar-refractivity contribution in [3.63, 3.8) is 0 Å². The number of rotatable bonds is 4. The first-order valence-corrected chi connectivity index (χ1v) is 4.04. The molecule has 0 unspecified atom stereocenters. The van der Waals surface area contributed by atoms with Gasteiger partial charge in [0.15, 0.2) is 0 Å². The lowest BCUT2D eigenvalue weighted by molar-refractivity contribution is 0.768. The van der Waals surface area contributed by atoms with Crippen LogP contribution >= 0.6 is 0 Å². The van der Waals surface area contributed by atoms with Gasteiger partial charge in [-0.25, -0.2) is 0 Å². The molecule has 0 aliphatic carbocycles. The molecule has 0 atom stereocenters. The van der Waals surface area contributed by atoms with E-state index in [0.29, 0.717) is 0 Å². The molecular weight excluding hydrogens is 138 g/mol. The van der Waals surface area contributed by atoms with Crippen LogP contribution < -0.4 is 5.32 Å². The summed E-state index contributed by atoms with van der Waals surface area (Å²) in [6, 6.07) is 0. The normalized spacial score (nSPS) is 10.4. The maximum atomic E-state index is 3.99. The summed E-state index contributed by atoms with van der Waals surface area (Å²) in [5.41, 5.74) is 2.55. The highest BCUT2D eigenvalue weighted by atomic mass is 15.1. The van der Waals surface area contributed by atoms with Gasteiger partial charge in [0.1, 0.15) is 0 Å². The van der Waals surface area contributed by atoms with E-state index >= 15 is 0 Å². The highest BCUT2D eigenvalue weighted by molar-refractivity contribution is 5.15. The van der Waals surface area contributed by atoms with E-state index in [0.717, 1.165) is 13.0 Å². The average molecular weight is 153 g/mol. The zero-order chi connectivity index (χ0) is 8.10. The summed E-state index contributed by atoms with van der Waals surface area (Å²) in [7, 11) is 1.94. The van der Waals surface area contributed by atoms with E-state index in [1.165, 1.54) is 17.7 Å². The van der Waals surface area contributed by atoms with Gasteiger partial charge in [-0.15, -0.1) is 0 Å². The number of aromatic nitrogens is 2. The first-order valence-electron chi connectivity index (χ1n) is 4.04. The topological polar surface area (TPSA) is 40.7 Å². The molecule has 11 heavy (non-hydrogen) atoms. The van der Waals surface area contributed by atoms with Crippen LogP contribution in [-0.2, 0) is 13.0 Å². The molecule has 0 saturated carbocycles. The van der Waals surface area contributed by atoms with Gasteiger partial charge in [-0.1, -0.05) is 13.3 Å². The average Bonchev–Trinajstić information content (AvgIpc) is 2.39. The third-order valence-corrected chi connectivity index (χ3v) is 1.68. The van der Waals surface area contributed by atoms with E-state index in [1.54, 1.807) is 0 Å². The van der Waals surface area contributed by atoms with Gasteiger partial charge in [0.05, 0.1) is 11.9 Å². The molecule has 1 heterocycles. The lowest BCUT2D eigenvalue weighted by atomic mass is 10.1. The van der Waals surface area contributed by atoms with Gasteiger partial charge in [-0.05, 0) is 19.0 Å². The van der Waals surface area contributed by atoms with Crippen molar-refractivity contribution in [1.29, 1.82) is 0 Å². The number of aromatic amines is 1. The molecule has 1 aromatic rings. The molecule has 0 saturated heterocycles. The van der Waals surface area contributed by atoms with Crippen molar-refractivity contribution in [3.05, 3.63) is 17.5 Å². The Labute approximate surface area is 67.2 Å². The van der Waals surface area contributed by atoms with Crippen molar-refractivity contribution in [3.8, 4) is 0 Å². The molecule has 0 aliphatic heterocycles. The smallest absolute Gasteiger partial charge is 0.0522 e. The summed E-state index contributed by atoms with van der Waals surface area (Å²) in [5.74, 6) is 0. The Hall–Kier alpha value is -0.830. The fraction of sp³-hybridized carbons (Fsp3) is 0.625. The first kappa shape index (κ1) is 8.27. The summed E-state index contributed by atoms with van der Waals surface area (Å²) in [6.45, 7) is 3.06. The quantitative estimate of drug-likeness (QED) is 0.679. The Morgan fingerprint density at radius 1 is 1.64 bits per heavy atom. The van der Waals surface area contributed by atoms with Crippen LogP contribution in [0.4, 0.5) is 0 Å². The summed E-state index contributed by atoms with van der Waals surface area (Å²) in [6.07, 6.45) is 4.21. The zero-order valence-corrected chi connectivity index (χ0v) is 7.15. The molecule has 1 rings (SSSR count). The summed E-state index contributed by atoms with van der Waals surface area (Å²) >= 11 is 0. The van der Waals surface area contributed by atoms with Gasteiger partial charge in [-0.2, -0.15) is 5.10 Å². The predicted molar refractivity (Wildman–Crippen MR) is 45.3 cm³/mol. The van der Waals surface area contributed by atoms with Gasteiger partial charge in [-0.3, -0.25) is 5.10 Å². The second-order valence-electron chi connectivity index (χ2n) is 2.65. The van der Waals surface area contributed by atoms with Gasteiger partial charge in [0.25, 0.3) is 0 Å². The fourth-order valence-electron chi connectivity index (χ4n) is 1.15. The minimum Gasteiger partial charge on any atom is -0.314 e. The lowest BCUT2D eigenvalue weighted by Gasteiger charge is -1.98. The summed E-state index contributed by atoms with van der Waals surface area (Å²) in [4.78, 5) is 0. The molecule has 0 bridgehead atoms. The molecule has 0 fully saturated rings. The number of aryl methyl sites for hydroxylation is 1. The van der Waals surface area contributed by atoms with Crippen molar-refractivity contribution in [2.45, 2.75) is 26.3 Å². The third-order valence-electron chi connectivity index (χ3n) is 1.68. The fourth-order valence-corrected chi connectivity index (χ4v) is 1.15. The van der Waals surface area contributed by atoms with Crippen LogP contribution in [0.2, 0.25) is 0 Å². The number of hydrogen-bond donors (Lipinski definition) is 2. The van der Waals surface area contributed by atoms with Gasteiger partial charge in [0, 0.05) is 6.54 Å². The van der Waals surface area contributed by atoms with Crippen LogP contribution in [0.15, 0.2) is 6.20 Å². The molecule has 0 spiro atoms. The minimum absolute atomic E-state index is 0.884. The standard InChI is InChI=1S/C8H15N3/c1-3-4-7-5-10-11-8(7)6-9-2/h5,9H,3-4,6H2,1-2H3,(H,10,11). The Balaban J connectivity index is 2.62. The molecular formula is C8H15N3. The monoisotopic (exact) mass is 153 g/mol. The highest BCUT2D eigenvalue weighted by Crippen LogP contribution is 2.06. The maximum Gasteiger partial charge on any atom is 0.0522 e. The number of nitrogens with zero attached hydrogens (tertiary/aromatic N) is 1. The van der Waals surface area contributed by atoms with E-state index in [9.17, 15) is 0 Å². The van der Waals surface area contributed by atoms with Gasteiger partial charge in [0.2, 0.25) is 0 Å². The molecule has 1 aromatic heterocycles. The van der Waals surface area contributed by atoms with Crippen LogP contribution in [0, 0.1) is 0 Å². The Kier molecular flexibility index (Phi) is 3.11. The van der Waals surface area contributed by atoms with E-state index in [2.05, 4.69) is 22.4 Å².